The Balaban J connectivity index is 1.73. The van der Waals surface area contributed by atoms with Crippen molar-refractivity contribution in [1.29, 1.82) is 0 Å². The molecule has 156 valence electrons. The van der Waals surface area contributed by atoms with Crippen molar-refractivity contribution in [3.63, 3.8) is 0 Å². The predicted octanol–water partition coefficient (Wildman–Crippen LogP) is 4.26. The van der Waals surface area contributed by atoms with E-state index in [-0.39, 0.29) is 11.4 Å². The van der Waals surface area contributed by atoms with Crippen molar-refractivity contribution in [2.24, 2.45) is 0 Å². The molecule has 0 aliphatic carbocycles. The summed E-state index contributed by atoms with van der Waals surface area (Å²) in [7, 11) is 0. The number of rotatable bonds is 4. The number of piperazine rings is 1. The van der Waals surface area contributed by atoms with Crippen molar-refractivity contribution >= 4 is 11.4 Å². The lowest BCUT2D eigenvalue weighted by atomic mass is 10.0. The fourth-order valence-electron chi connectivity index (χ4n) is 3.67. The predicted molar refractivity (Wildman–Crippen MR) is 103 cm³/mol. The number of aromatic hydroxyl groups is 1. The number of nitro benzene ring substituents is 1. The number of hydrogen-bond acceptors (Lipinski definition) is 5. The number of nitrogens with zero attached hydrogens (tertiary/aromatic N) is 3. The van der Waals surface area contributed by atoms with Gasteiger partial charge in [0, 0.05) is 44.4 Å². The van der Waals surface area contributed by atoms with Crippen LogP contribution in [0.15, 0.2) is 30.3 Å². The van der Waals surface area contributed by atoms with E-state index in [9.17, 15) is 28.4 Å². The van der Waals surface area contributed by atoms with Gasteiger partial charge in [-0.25, -0.2) is 0 Å². The topological polar surface area (TPSA) is 69.8 Å². The van der Waals surface area contributed by atoms with Crippen molar-refractivity contribution in [3.8, 4) is 5.75 Å². The number of nitro groups is 1. The van der Waals surface area contributed by atoms with Gasteiger partial charge in [0.1, 0.15) is 11.4 Å². The Morgan fingerprint density at radius 1 is 1.10 bits per heavy atom. The zero-order valence-electron chi connectivity index (χ0n) is 16.2. The van der Waals surface area contributed by atoms with Crippen molar-refractivity contribution in [3.05, 3.63) is 62.7 Å². The van der Waals surface area contributed by atoms with Gasteiger partial charge in [-0.05, 0) is 31.5 Å². The van der Waals surface area contributed by atoms with Crippen molar-refractivity contribution in [2.75, 3.05) is 31.1 Å². The van der Waals surface area contributed by atoms with E-state index in [2.05, 4.69) is 4.90 Å². The molecular weight excluding hydrogens is 387 g/mol. The summed E-state index contributed by atoms with van der Waals surface area (Å²) in [6, 6.07) is 6.47. The second-order valence-corrected chi connectivity index (χ2v) is 7.31. The first-order valence-electron chi connectivity index (χ1n) is 9.18. The minimum atomic E-state index is -4.63. The van der Waals surface area contributed by atoms with Gasteiger partial charge in [0.2, 0.25) is 0 Å². The Bertz CT molecular complexity index is 923. The van der Waals surface area contributed by atoms with E-state index in [0.717, 1.165) is 22.8 Å². The van der Waals surface area contributed by atoms with Gasteiger partial charge in [0.05, 0.1) is 10.5 Å². The third-order valence-electron chi connectivity index (χ3n) is 5.13. The molecule has 1 fully saturated rings. The number of halogens is 3. The SMILES string of the molecule is Cc1cc(C)c(O)c(CN2CCN(c3ccc(C(F)(F)F)cc3[N+](=O)[O-])CC2)c1. The van der Waals surface area contributed by atoms with Gasteiger partial charge in [-0.15, -0.1) is 0 Å². The third kappa shape index (κ3) is 4.61. The molecule has 2 aromatic rings. The van der Waals surface area contributed by atoms with E-state index < -0.39 is 22.4 Å². The summed E-state index contributed by atoms with van der Waals surface area (Å²) in [6.07, 6.45) is -4.63. The lowest BCUT2D eigenvalue weighted by molar-refractivity contribution is -0.384. The first-order chi connectivity index (χ1) is 13.6. The van der Waals surface area contributed by atoms with Crippen LogP contribution < -0.4 is 4.90 Å². The van der Waals surface area contributed by atoms with Gasteiger partial charge in [-0.3, -0.25) is 15.0 Å². The summed E-state index contributed by atoms with van der Waals surface area (Å²) in [5.41, 5.74) is 1.29. The Morgan fingerprint density at radius 3 is 2.34 bits per heavy atom. The Kier molecular flexibility index (Phi) is 5.70. The molecule has 0 spiro atoms. The van der Waals surface area contributed by atoms with E-state index in [0.29, 0.717) is 38.8 Å². The minimum absolute atomic E-state index is 0.192. The van der Waals surface area contributed by atoms with Crippen LogP contribution in [0.1, 0.15) is 22.3 Å². The van der Waals surface area contributed by atoms with E-state index in [4.69, 9.17) is 0 Å². The summed E-state index contributed by atoms with van der Waals surface area (Å²) in [6.45, 7) is 6.37. The maximum atomic E-state index is 12.9. The first kappa shape index (κ1) is 20.9. The largest absolute Gasteiger partial charge is 0.507 e. The molecule has 0 amide bonds. The molecule has 0 radical (unpaired) electrons. The van der Waals surface area contributed by atoms with Gasteiger partial charge in [0.15, 0.2) is 0 Å². The molecule has 1 heterocycles. The quantitative estimate of drug-likeness (QED) is 0.604. The van der Waals surface area contributed by atoms with Crippen molar-refractivity contribution < 1.29 is 23.2 Å². The number of anilines is 1. The zero-order chi connectivity index (χ0) is 21.3. The van der Waals surface area contributed by atoms with Crippen LogP contribution in [0, 0.1) is 24.0 Å². The van der Waals surface area contributed by atoms with Crippen LogP contribution in [-0.4, -0.2) is 41.1 Å². The third-order valence-corrected chi connectivity index (χ3v) is 5.13. The molecule has 1 aliphatic heterocycles. The maximum absolute atomic E-state index is 12.9. The molecule has 0 aromatic heterocycles. The molecule has 6 nitrogen and oxygen atoms in total. The van der Waals surface area contributed by atoms with Crippen LogP contribution >= 0.6 is 0 Å². The molecule has 9 heteroatoms. The van der Waals surface area contributed by atoms with E-state index in [1.54, 1.807) is 4.90 Å². The molecule has 1 aliphatic rings. The summed E-state index contributed by atoms with van der Waals surface area (Å²) in [5.74, 6) is 0.261. The second-order valence-electron chi connectivity index (χ2n) is 7.31. The maximum Gasteiger partial charge on any atom is 0.416 e. The average Bonchev–Trinajstić information content (AvgIpc) is 2.65. The number of alkyl halides is 3. The first-order valence-corrected chi connectivity index (χ1v) is 9.18. The van der Waals surface area contributed by atoms with Crippen LogP contribution in [0.3, 0.4) is 0 Å². The van der Waals surface area contributed by atoms with Crippen LogP contribution in [0.25, 0.3) is 0 Å². The monoisotopic (exact) mass is 409 g/mol. The molecule has 29 heavy (non-hydrogen) atoms. The van der Waals surface area contributed by atoms with E-state index in [1.165, 1.54) is 6.07 Å². The molecule has 1 N–H and O–H groups in total. The second kappa shape index (κ2) is 7.90. The van der Waals surface area contributed by atoms with Crippen LogP contribution in [0.4, 0.5) is 24.5 Å². The van der Waals surface area contributed by atoms with Crippen molar-refractivity contribution in [2.45, 2.75) is 26.6 Å². The summed E-state index contributed by atoms with van der Waals surface area (Å²) >= 11 is 0. The minimum Gasteiger partial charge on any atom is -0.507 e. The van der Waals surface area contributed by atoms with Crippen LogP contribution in [-0.2, 0) is 12.7 Å². The Labute approximate surface area is 166 Å². The van der Waals surface area contributed by atoms with Crippen LogP contribution in [0.2, 0.25) is 0 Å². The molecule has 0 atom stereocenters. The zero-order valence-corrected chi connectivity index (χ0v) is 16.2. The summed E-state index contributed by atoms with van der Waals surface area (Å²) in [5, 5.41) is 21.6. The molecule has 2 aromatic carbocycles. The van der Waals surface area contributed by atoms with Gasteiger partial charge in [-0.1, -0.05) is 17.7 Å². The number of phenols is 1. The van der Waals surface area contributed by atoms with E-state index in [1.807, 2.05) is 26.0 Å². The van der Waals surface area contributed by atoms with Gasteiger partial charge < -0.3 is 10.0 Å². The molecule has 0 bridgehead atoms. The molecule has 0 unspecified atom stereocenters. The summed E-state index contributed by atoms with van der Waals surface area (Å²) in [4.78, 5) is 14.4. The summed E-state index contributed by atoms with van der Waals surface area (Å²) < 4.78 is 38.7. The van der Waals surface area contributed by atoms with Gasteiger partial charge in [0.25, 0.3) is 5.69 Å². The average molecular weight is 409 g/mol. The lowest BCUT2D eigenvalue weighted by Gasteiger charge is -2.36. The van der Waals surface area contributed by atoms with Crippen LogP contribution in [0.5, 0.6) is 5.75 Å². The highest BCUT2D eigenvalue weighted by Gasteiger charge is 2.34. The lowest BCUT2D eigenvalue weighted by Crippen LogP contribution is -2.46. The normalized spacial score (nSPS) is 15.6. The molecular formula is C20H22F3N3O3. The molecule has 3 rings (SSSR count). The fourth-order valence-corrected chi connectivity index (χ4v) is 3.67. The Morgan fingerprint density at radius 2 is 1.76 bits per heavy atom. The fraction of sp³-hybridized carbons (Fsp3) is 0.400. The van der Waals surface area contributed by atoms with Crippen molar-refractivity contribution in [1.82, 2.24) is 4.90 Å². The standard InChI is InChI=1S/C20H22F3N3O3/c1-13-9-14(2)19(27)15(10-13)12-24-5-7-25(8-6-24)17-4-3-16(20(21,22)23)11-18(17)26(28)29/h3-4,9-11,27H,5-8,12H2,1-2H3. The highest BCUT2D eigenvalue weighted by atomic mass is 19.4. The Hall–Kier alpha value is -2.81. The van der Waals surface area contributed by atoms with E-state index >= 15 is 0 Å². The highest BCUT2D eigenvalue weighted by molar-refractivity contribution is 5.65. The molecule has 1 saturated heterocycles. The highest BCUT2D eigenvalue weighted by Crippen LogP contribution is 2.37. The number of phenolic OH excluding ortho intramolecular Hbond substituents is 1. The smallest absolute Gasteiger partial charge is 0.416 e. The number of hydrogen-bond donors (Lipinski definition) is 1. The van der Waals surface area contributed by atoms with Gasteiger partial charge in [-0.2, -0.15) is 13.2 Å². The van der Waals surface area contributed by atoms with Gasteiger partial charge >= 0.3 is 6.18 Å². The number of aryl methyl sites for hydroxylation is 2. The number of benzene rings is 2. The molecule has 0 saturated carbocycles.